The Hall–Kier alpha value is -0.0800. The molecule has 0 aromatic heterocycles. The van der Waals surface area contributed by atoms with Crippen molar-refractivity contribution in [2.75, 3.05) is 19.6 Å². The molecule has 1 rings (SSSR count). The molecule has 0 aliphatic carbocycles. The van der Waals surface area contributed by atoms with Crippen LogP contribution in [0.4, 0.5) is 0 Å². The fourth-order valence-corrected chi connectivity index (χ4v) is 2.92. The normalized spacial score (nSPS) is 24.9. The third-order valence-corrected chi connectivity index (χ3v) is 3.95. The highest BCUT2D eigenvalue weighted by molar-refractivity contribution is 4.80. The highest BCUT2D eigenvalue weighted by Crippen LogP contribution is 2.21. The lowest BCUT2D eigenvalue weighted by Crippen LogP contribution is -2.46. The summed E-state index contributed by atoms with van der Waals surface area (Å²) in [5, 5.41) is 3.61. The van der Waals surface area contributed by atoms with E-state index in [1.165, 1.54) is 38.6 Å². The van der Waals surface area contributed by atoms with Crippen molar-refractivity contribution in [2.24, 2.45) is 5.92 Å². The van der Waals surface area contributed by atoms with E-state index >= 15 is 0 Å². The van der Waals surface area contributed by atoms with Gasteiger partial charge in [0, 0.05) is 18.6 Å². The van der Waals surface area contributed by atoms with Crippen molar-refractivity contribution in [3.8, 4) is 0 Å². The molecule has 1 aliphatic heterocycles. The second kappa shape index (κ2) is 8.10. The molecule has 0 radical (unpaired) electrons. The Morgan fingerprint density at radius 2 is 1.88 bits per heavy atom. The summed E-state index contributed by atoms with van der Waals surface area (Å²) in [6.07, 6.45) is 6.98. The fraction of sp³-hybridized carbons (Fsp3) is 1.00. The van der Waals surface area contributed by atoms with Crippen LogP contribution in [-0.2, 0) is 0 Å². The molecule has 2 nitrogen and oxygen atoms in total. The summed E-state index contributed by atoms with van der Waals surface area (Å²) in [5.74, 6) is 0.758. The molecule has 0 aromatic rings. The Bertz CT molecular complexity index is 191. The number of nitrogens with zero attached hydrogens (tertiary/aromatic N) is 1. The molecule has 1 heterocycles. The molecule has 1 aliphatic rings. The van der Waals surface area contributed by atoms with Crippen LogP contribution in [0.2, 0.25) is 0 Å². The van der Waals surface area contributed by atoms with Crippen LogP contribution in [0.25, 0.3) is 0 Å². The Labute approximate surface area is 108 Å². The summed E-state index contributed by atoms with van der Waals surface area (Å²) in [4.78, 5) is 2.75. The molecule has 102 valence electrons. The van der Waals surface area contributed by atoms with Crippen LogP contribution < -0.4 is 5.32 Å². The van der Waals surface area contributed by atoms with Crippen molar-refractivity contribution in [2.45, 2.75) is 71.9 Å². The predicted molar refractivity (Wildman–Crippen MR) is 76.4 cm³/mol. The Balaban J connectivity index is 2.37. The number of hydrogen-bond donors (Lipinski definition) is 1. The van der Waals surface area contributed by atoms with Crippen LogP contribution in [0.15, 0.2) is 0 Å². The largest absolute Gasteiger partial charge is 0.315 e. The van der Waals surface area contributed by atoms with Gasteiger partial charge in [-0.05, 0) is 45.2 Å². The van der Waals surface area contributed by atoms with Gasteiger partial charge in [-0.2, -0.15) is 0 Å². The summed E-state index contributed by atoms with van der Waals surface area (Å²) < 4.78 is 0. The second-order valence-electron chi connectivity index (χ2n) is 6.05. The first-order chi connectivity index (χ1) is 8.15. The first-order valence-corrected chi connectivity index (χ1v) is 7.61. The van der Waals surface area contributed by atoms with Crippen LogP contribution in [0, 0.1) is 5.92 Å². The van der Waals surface area contributed by atoms with E-state index in [1.807, 2.05) is 0 Å². The first-order valence-electron chi connectivity index (χ1n) is 7.61. The maximum Gasteiger partial charge on any atom is 0.0195 e. The van der Waals surface area contributed by atoms with Gasteiger partial charge in [0.2, 0.25) is 0 Å². The summed E-state index contributed by atoms with van der Waals surface area (Å²) in [6, 6.07) is 1.52. The first kappa shape index (κ1) is 15.0. The van der Waals surface area contributed by atoms with Crippen molar-refractivity contribution in [1.29, 1.82) is 0 Å². The van der Waals surface area contributed by atoms with E-state index < -0.39 is 0 Å². The zero-order valence-electron chi connectivity index (χ0n) is 12.3. The SMILES string of the molecule is CCC1CCCCCN1C(C)CNCC(C)C. The molecule has 1 saturated heterocycles. The van der Waals surface area contributed by atoms with Gasteiger partial charge in [0.05, 0.1) is 0 Å². The zero-order chi connectivity index (χ0) is 12.7. The lowest BCUT2D eigenvalue weighted by atomic mass is 10.1. The molecule has 17 heavy (non-hydrogen) atoms. The molecule has 0 amide bonds. The molecular formula is C15H32N2. The van der Waals surface area contributed by atoms with Gasteiger partial charge < -0.3 is 5.32 Å². The minimum Gasteiger partial charge on any atom is -0.315 e. The van der Waals surface area contributed by atoms with E-state index in [2.05, 4.69) is 37.9 Å². The van der Waals surface area contributed by atoms with Crippen molar-refractivity contribution in [3.63, 3.8) is 0 Å². The average molecular weight is 240 g/mol. The van der Waals surface area contributed by atoms with E-state index in [1.54, 1.807) is 0 Å². The molecule has 0 spiro atoms. The van der Waals surface area contributed by atoms with Gasteiger partial charge in [-0.15, -0.1) is 0 Å². The highest BCUT2D eigenvalue weighted by atomic mass is 15.2. The molecule has 0 aromatic carbocycles. The van der Waals surface area contributed by atoms with Gasteiger partial charge in [-0.3, -0.25) is 4.90 Å². The number of rotatable bonds is 6. The van der Waals surface area contributed by atoms with E-state index in [9.17, 15) is 0 Å². The minimum atomic E-state index is 0.691. The van der Waals surface area contributed by atoms with Gasteiger partial charge in [-0.25, -0.2) is 0 Å². The van der Waals surface area contributed by atoms with Crippen LogP contribution in [-0.4, -0.2) is 36.6 Å². The quantitative estimate of drug-likeness (QED) is 0.766. The van der Waals surface area contributed by atoms with Crippen molar-refractivity contribution < 1.29 is 0 Å². The van der Waals surface area contributed by atoms with Crippen molar-refractivity contribution >= 4 is 0 Å². The maximum atomic E-state index is 3.61. The van der Waals surface area contributed by atoms with E-state index in [0.29, 0.717) is 6.04 Å². The van der Waals surface area contributed by atoms with Crippen molar-refractivity contribution in [1.82, 2.24) is 10.2 Å². The standard InChI is InChI=1S/C15H32N2/c1-5-15-9-7-6-8-10-17(15)14(4)12-16-11-13(2)3/h13-16H,5-12H2,1-4H3. The monoisotopic (exact) mass is 240 g/mol. The van der Waals surface area contributed by atoms with Crippen molar-refractivity contribution in [3.05, 3.63) is 0 Å². The van der Waals surface area contributed by atoms with Gasteiger partial charge in [-0.1, -0.05) is 33.6 Å². The smallest absolute Gasteiger partial charge is 0.0195 e. The third kappa shape index (κ3) is 5.39. The van der Waals surface area contributed by atoms with Crippen LogP contribution >= 0.6 is 0 Å². The predicted octanol–water partition coefficient (Wildman–Crippen LogP) is 3.28. The van der Waals surface area contributed by atoms with E-state index in [-0.39, 0.29) is 0 Å². The Kier molecular flexibility index (Phi) is 7.14. The zero-order valence-corrected chi connectivity index (χ0v) is 12.3. The summed E-state index contributed by atoms with van der Waals surface area (Å²) in [5.41, 5.74) is 0. The number of hydrogen-bond acceptors (Lipinski definition) is 2. The third-order valence-electron chi connectivity index (χ3n) is 3.95. The fourth-order valence-electron chi connectivity index (χ4n) is 2.92. The molecular weight excluding hydrogens is 208 g/mol. The molecule has 0 saturated carbocycles. The van der Waals surface area contributed by atoms with Crippen LogP contribution in [0.5, 0.6) is 0 Å². The van der Waals surface area contributed by atoms with Crippen LogP contribution in [0.1, 0.15) is 59.8 Å². The summed E-state index contributed by atoms with van der Waals surface area (Å²) in [7, 11) is 0. The Morgan fingerprint density at radius 3 is 2.53 bits per heavy atom. The summed E-state index contributed by atoms with van der Waals surface area (Å²) >= 11 is 0. The average Bonchev–Trinajstić information content (AvgIpc) is 2.52. The van der Waals surface area contributed by atoms with Gasteiger partial charge >= 0.3 is 0 Å². The number of nitrogens with one attached hydrogen (secondary N) is 1. The highest BCUT2D eigenvalue weighted by Gasteiger charge is 2.23. The lowest BCUT2D eigenvalue weighted by Gasteiger charge is -2.35. The van der Waals surface area contributed by atoms with Gasteiger partial charge in [0.25, 0.3) is 0 Å². The van der Waals surface area contributed by atoms with Gasteiger partial charge in [0.1, 0.15) is 0 Å². The topological polar surface area (TPSA) is 15.3 Å². The van der Waals surface area contributed by atoms with Crippen LogP contribution in [0.3, 0.4) is 0 Å². The van der Waals surface area contributed by atoms with Gasteiger partial charge in [0.15, 0.2) is 0 Å². The molecule has 2 unspecified atom stereocenters. The Morgan fingerprint density at radius 1 is 1.12 bits per heavy atom. The van der Waals surface area contributed by atoms with E-state index in [0.717, 1.165) is 25.0 Å². The molecule has 1 fully saturated rings. The molecule has 2 atom stereocenters. The summed E-state index contributed by atoms with van der Waals surface area (Å²) in [6.45, 7) is 12.9. The second-order valence-corrected chi connectivity index (χ2v) is 6.05. The lowest BCUT2D eigenvalue weighted by molar-refractivity contribution is 0.139. The maximum absolute atomic E-state index is 3.61. The molecule has 0 bridgehead atoms. The minimum absolute atomic E-state index is 0.691. The number of likely N-dealkylation sites (tertiary alicyclic amines) is 1. The molecule has 1 N–H and O–H groups in total. The molecule has 2 heteroatoms. The van der Waals surface area contributed by atoms with E-state index in [4.69, 9.17) is 0 Å².